The number of carbonyl (C=O) groups excluding carboxylic acids is 1. The standard InChI is InChI=1S/C22H26N4O2/c1-4-25(5-2)15-18-9-7-17(8-10-18)12-24-21(27)19-13-23-20-11-6-16(3)14-26(20)22(19)28/h6-11,13-14H,4-5,12,15H2,1-3H3,(H,24,27). The quantitative estimate of drug-likeness (QED) is 0.687. The second-order valence-electron chi connectivity index (χ2n) is 6.87. The Balaban J connectivity index is 1.68. The third-order valence-corrected chi connectivity index (χ3v) is 4.87. The van der Waals surface area contributed by atoms with Crippen molar-refractivity contribution in [2.45, 2.75) is 33.9 Å². The van der Waals surface area contributed by atoms with Crippen LogP contribution in [0.4, 0.5) is 0 Å². The van der Waals surface area contributed by atoms with Crippen molar-refractivity contribution in [2.75, 3.05) is 13.1 Å². The molecule has 0 aliphatic rings. The molecule has 0 spiro atoms. The third-order valence-electron chi connectivity index (χ3n) is 4.87. The summed E-state index contributed by atoms with van der Waals surface area (Å²) in [5.41, 5.74) is 3.36. The lowest BCUT2D eigenvalue weighted by molar-refractivity contribution is 0.0949. The topological polar surface area (TPSA) is 66.7 Å². The molecule has 1 aromatic carbocycles. The van der Waals surface area contributed by atoms with Crippen LogP contribution in [0.25, 0.3) is 5.65 Å². The van der Waals surface area contributed by atoms with E-state index in [0.717, 1.165) is 30.8 Å². The van der Waals surface area contributed by atoms with Gasteiger partial charge in [-0.1, -0.05) is 44.2 Å². The zero-order valence-electron chi connectivity index (χ0n) is 16.6. The fourth-order valence-corrected chi connectivity index (χ4v) is 3.08. The first-order valence-electron chi connectivity index (χ1n) is 9.58. The lowest BCUT2D eigenvalue weighted by Crippen LogP contribution is -2.31. The maximum Gasteiger partial charge on any atom is 0.270 e. The molecule has 0 bridgehead atoms. The van der Waals surface area contributed by atoms with Crippen molar-refractivity contribution in [3.63, 3.8) is 0 Å². The molecule has 28 heavy (non-hydrogen) atoms. The zero-order chi connectivity index (χ0) is 20.1. The Labute approximate surface area is 164 Å². The van der Waals surface area contributed by atoms with Gasteiger partial charge in [-0.25, -0.2) is 4.98 Å². The highest BCUT2D eigenvalue weighted by atomic mass is 16.2. The molecule has 3 aromatic rings. The SMILES string of the molecule is CCN(CC)Cc1ccc(CNC(=O)c2cnc3ccc(C)cn3c2=O)cc1. The highest BCUT2D eigenvalue weighted by molar-refractivity contribution is 5.93. The molecule has 0 radical (unpaired) electrons. The number of aromatic nitrogens is 2. The van der Waals surface area contributed by atoms with Crippen LogP contribution in [0.15, 0.2) is 53.6 Å². The Hall–Kier alpha value is -2.99. The van der Waals surface area contributed by atoms with Crippen molar-refractivity contribution in [2.24, 2.45) is 0 Å². The molecule has 0 saturated heterocycles. The number of rotatable bonds is 7. The smallest absolute Gasteiger partial charge is 0.270 e. The molecule has 2 aromatic heterocycles. The number of nitrogens with one attached hydrogen (secondary N) is 1. The van der Waals surface area contributed by atoms with E-state index in [0.29, 0.717) is 12.2 Å². The van der Waals surface area contributed by atoms with E-state index in [1.165, 1.54) is 16.2 Å². The van der Waals surface area contributed by atoms with Crippen molar-refractivity contribution in [3.8, 4) is 0 Å². The average Bonchev–Trinajstić information content (AvgIpc) is 2.71. The van der Waals surface area contributed by atoms with Gasteiger partial charge in [0.15, 0.2) is 0 Å². The number of fused-ring (bicyclic) bond motifs is 1. The second-order valence-corrected chi connectivity index (χ2v) is 6.87. The molecule has 3 rings (SSSR count). The molecule has 6 nitrogen and oxygen atoms in total. The first kappa shape index (κ1) is 19.8. The number of nitrogens with zero attached hydrogens (tertiary/aromatic N) is 3. The molecule has 6 heteroatoms. The van der Waals surface area contributed by atoms with E-state index >= 15 is 0 Å². The maximum absolute atomic E-state index is 12.6. The number of hydrogen-bond acceptors (Lipinski definition) is 4. The van der Waals surface area contributed by atoms with Gasteiger partial charge in [-0.05, 0) is 42.8 Å². The van der Waals surface area contributed by atoms with Gasteiger partial charge in [0.1, 0.15) is 11.2 Å². The van der Waals surface area contributed by atoms with E-state index in [1.54, 1.807) is 12.3 Å². The van der Waals surface area contributed by atoms with Crippen LogP contribution < -0.4 is 10.9 Å². The van der Waals surface area contributed by atoms with Gasteiger partial charge in [-0.3, -0.25) is 18.9 Å². The van der Waals surface area contributed by atoms with Crippen molar-refractivity contribution in [1.29, 1.82) is 0 Å². The summed E-state index contributed by atoms with van der Waals surface area (Å²) >= 11 is 0. The van der Waals surface area contributed by atoms with Crippen molar-refractivity contribution < 1.29 is 4.79 Å². The van der Waals surface area contributed by atoms with E-state index in [9.17, 15) is 9.59 Å². The molecule has 0 aliphatic heterocycles. The highest BCUT2D eigenvalue weighted by Gasteiger charge is 2.13. The third kappa shape index (κ3) is 4.46. The number of hydrogen-bond donors (Lipinski definition) is 1. The fraction of sp³-hybridized carbons (Fsp3) is 0.318. The zero-order valence-corrected chi connectivity index (χ0v) is 16.6. The van der Waals surface area contributed by atoms with Crippen LogP contribution in [0.1, 0.15) is 40.9 Å². The van der Waals surface area contributed by atoms with E-state index in [2.05, 4.69) is 41.2 Å². The van der Waals surface area contributed by atoms with Crippen molar-refractivity contribution >= 4 is 11.6 Å². The summed E-state index contributed by atoms with van der Waals surface area (Å²) in [5.74, 6) is -0.416. The molecule has 0 saturated carbocycles. The number of aryl methyl sites for hydroxylation is 1. The lowest BCUT2D eigenvalue weighted by atomic mass is 10.1. The van der Waals surface area contributed by atoms with E-state index in [1.807, 2.05) is 25.1 Å². The Bertz CT molecular complexity index is 1020. The van der Waals surface area contributed by atoms with Crippen LogP contribution in [0, 0.1) is 6.92 Å². The van der Waals surface area contributed by atoms with Gasteiger partial charge in [-0.2, -0.15) is 0 Å². The summed E-state index contributed by atoms with van der Waals surface area (Å²) in [6.07, 6.45) is 3.03. The van der Waals surface area contributed by atoms with Gasteiger partial charge in [0.05, 0.1) is 0 Å². The first-order chi connectivity index (χ1) is 13.5. The van der Waals surface area contributed by atoms with E-state index < -0.39 is 5.91 Å². The van der Waals surface area contributed by atoms with Crippen LogP contribution >= 0.6 is 0 Å². The number of benzene rings is 1. The summed E-state index contributed by atoms with van der Waals surface area (Å²) in [5, 5.41) is 2.82. The molecule has 0 unspecified atom stereocenters. The van der Waals surface area contributed by atoms with Crippen LogP contribution in [0.3, 0.4) is 0 Å². The predicted octanol–water partition coefficient (Wildman–Crippen LogP) is 2.77. The molecule has 0 atom stereocenters. The molecular formula is C22H26N4O2. The maximum atomic E-state index is 12.6. The predicted molar refractivity (Wildman–Crippen MR) is 110 cm³/mol. The summed E-state index contributed by atoms with van der Waals surface area (Å²) < 4.78 is 1.41. The van der Waals surface area contributed by atoms with Gasteiger partial charge in [-0.15, -0.1) is 0 Å². The Morgan fingerprint density at radius 2 is 1.75 bits per heavy atom. The Kier molecular flexibility index (Phi) is 6.21. The molecular weight excluding hydrogens is 352 g/mol. The minimum Gasteiger partial charge on any atom is -0.348 e. The molecule has 0 aliphatic carbocycles. The molecule has 0 fully saturated rings. The average molecular weight is 378 g/mol. The molecule has 1 amide bonds. The van der Waals surface area contributed by atoms with Gasteiger partial charge < -0.3 is 5.32 Å². The Morgan fingerprint density at radius 3 is 2.43 bits per heavy atom. The number of amides is 1. The van der Waals surface area contributed by atoms with Crippen molar-refractivity contribution in [3.05, 3.63) is 81.4 Å². The normalized spacial score (nSPS) is 11.1. The minimum absolute atomic E-state index is 0.0428. The summed E-state index contributed by atoms with van der Waals surface area (Å²) in [4.78, 5) is 31.6. The van der Waals surface area contributed by atoms with Crippen LogP contribution in [0.2, 0.25) is 0 Å². The molecule has 2 heterocycles. The Morgan fingerprint density at radius 1 is 1.07 bits per heavy atom. The van der Waals surface area contributed by atoms with Crippen LogP contribution in [-0.2, 0) is 13.1 Å². The summed E-state index contributed by atoms with van der Waals surface area (Å²) in [6, 6.07) is 11.8. The van der Waals surface area contributed by atoms with Crippen molar-refractivity contribution in [1.82, 2.24) is 19.6 Å². The second kappa shape index (κ2) is 8.80. The molecule has 1 N–H and O–H groups in total. The van der Waals surface area contributed by atoms with Gasteiger partial charge >= 0.3 is 0 Å². The van der Waals surface area contributed by atoms with E-state index in [4.69, 9.17) is 0 Å². The number of carbonyl (C=O) groups is 1. The molecule has 146 valence electrons. The van der Waals surface area contributed by atoms with Crippen LogP contribution in [-0.4, -0.2) is 33.3 Å². The first-order valence-corrected chi connectivity index (χ1v) is 9.58. The minimum atomic E-state index is -0.416. The fourth-order valence-electron chi connectivity index (χ4n) is 3.08. The van der Waals surface area contributed by atoms with Gasteiger partial charge in [0.25, 0.3) is 11.5 Å². The number of pyridine rings is 1. The van der Waals surface area contributed by atoms with Gasteiger partial charge in [0, 0.05) is 25.5 Å². The van der Waals surface area contributed by atoms with Crippen LogP contribution in [0.5, 0.6) is 0 Å². The lowest BCUT2D eigenvalue weighted by Gasteiger charge is -2.18. The summed E-state index contributed by atoms with van der Waals surface area (Å²) in [6.45, 7) is 9.51. The highest BCUT2D eigenvalue weighted by Crippen LogP contribution is 2.08. The summed E-state index contributed by atoms with van der Waals surface area (Å²) in [7, 11) is 0. The van der Waals surface area contributed by atoms with E-state index in [-0.39, 0.29) is 11.1 Å². The monoisotopic (exact) mass is 378 g/mol. The largest absolute Gasteiger partial charge is 0.348 e. The van der Waals surface area contributed by atoms with Gasteiger partial charge in [0.2, 0.25) is 0 Å².